The molecule has 1 radical (unpaired) electrons. The highest BCUT2D eigenvalue weighted by Gasteiger charge is 2.16. The molecule has 87 valence electrons. The summed E-state index contributed by atoms with van der Waals surface area (Å²) in [6.45, 7) is 0. The van der Waals surface area contributed by atoms with E-state index in [4.69, 9.17) is 0 Å². The predicted octanol–water partition coefficient (Wildman–Crippen LogP) is 3.72. The molecule has 3 rings (SSSR count). The van der Waals surface area contributed by atoms with E-state index in [1.54, 1.807) is 6.07 Å². The van der Waals surface area contributed by atoms with Crippen molar-refractivity contribution in [3.63, 3.8) is 0 Å². The summed E-state index contributed by atoms with van der Waals surface area (Å²) in [4.78, 5) is 11.3. The molecule has 0 spiro atoms. The number of benzene rings is 2. The first-order chi connectivity index (χ1) is 8.83. The molecule has 2 aromatic carbocycles. The number of amides is 1. The van der Waals surface area contributed by atoms with Crippen LogP contribution < -0.4 is 0 Å². The maximum atomic E-state index is 11.3. The zero-order valence-corrected chi connectivity index (χ0v) is 9.71. The zero-order valence-electron chi connectivity index (χ0n) is 9.71. The fourth-order valence-corrected chi connectivity index (χ4v) is 1.95. The molecule has 0 unspecified atom stereocenters. The topological polar surface area (TPSA) is 41.8 Å². The van der Waals surface area contributed by atoms with Crippen molar-refractivity contribution in [3.05, 3.63) is 71.6 Å². The summed E-state index contributed by atoms with van der Waals surface area (Å²) in [5, 5.41) is 7.40. The van der Waals surface area contributed by atoms with E-state index >= 15 is 0 Å². The Kier molecular flexibility index (Phi) is 2.73. The van der Waals surface area contributed by atoms with Crippen molar-refractivity contribution in [1.82, 2.24) is 0 Å². The molecule has 2 aromatic rings. The first kappa shape index (κ1) is 10.8. The average molecular weight is 235 g/mol. The van der Waals surface area contributed by atoms with Gasteiger partial charge < -0.3 is 0 Å². The van der Waals surface area contributed by atoms with Gasteiger partial charge in [-0.1, -0.05) is 36.4 Å². The second-order valence-corrected chi connectivity index (χ2v) is 4.18. The molecule has 3 nitrogen and oxygen atoms in total. The fourth-order valence-electron chi connectivity index (χ4n) is 1.95. The Bertz CT molecular complexity index is 618. The first-order valence-electron chi connectivity index (χ1n) is 5.80. The molecule has 18 heavy (non-hydrogen) atoms. The van der Waals surface area contributed by atoms with Crippen molar-refractivity contribution in [2.75, 3.05) is 0 Å². The summed E-state index contributed by atoms with van der Waals surface area (Å²) >= 11 is 0. The van der Waals surface area contributed by atoms with Crippen molar-refractivity contribution in [2.45, 2.75) is 6.42 Å². The lowest BCUT2D eigenvalue weighted by Crippen LogP contribution is -1.92. The van der Waals surface area contributed by atoms with Gasteiger partial charge in [-0.15, -0.1) is 10.2 Å². The summed E-state index contributed by atoms with van der Waals surface area (Å²) < 4.78 is 0. The van der Waals surface area contributed by atoms with Gasteiger partial charge in [0.25, 0.3) is 5.91 Å². The van der Waals surface area contributed by atoms with Crippen LogP contribution in [0.3, 0.4) is 0 Å². The van der Waals surface area contributed by atoms with Gasteiger partial charge >= 0.3 is 0 Å². The summed E-state index contributed by atoms with van der Waals surface area (Å²) in [5.41, 5.74) is 3.60. The Balaban J connectivity index is 1.75. The van der Waals surface area contributed by atoms with Crippen molar-refractivity contribution >= 4 is 11.6 Å². The van der Waals surface area contributed by atoms with Crippen LogP contribution >= 0.6 is 0 Å². The van der Waals surface area contributed by atoms with E-state index in [1.807, 2.05) is 30.3 Å². The Hall–Kier alpha value is -2.29. The van der Waals surface area contributed by atoms with Crippen LogP contribution in [0.5, 0.6) is 0 Å². The molecule has 0 N–H and O–H groups in total. The molecule has 1 aliphatic heterocycles. The second-order valence-electron chi connectivity index (χ2n) is 4.18. The summed E-state index contributed by atoms with van der Waals surface area (Å²) in [7, 11) is 0. The smallest absolute Gasteiger partial charge is 0.265 e. The number of carbonyl (C=O) groups is 1. The number of hydrogen-bond donors (Lipinski definition) is 0. The van der Waals surface area contributed by atoms with Crippen molar-refractivity contribution < 1.29 is 4.79 Å². The number of fused-ring (bicyclic) bond motifs is 1. The van der Waals surface area contributed by atoms with Gasteiger partial charge in [0.1, 0.15) is 0 Å². The zero-order chi connectivity index (χ0) is 12.4. The molecule has 0 bridgehead atoms. The molecule has 0 fully saturated rings. The third kappa shape index (κ3) is 2.07. The summed E-state index contributed by atoms with van der Waals surface area (Å²) in [5.74, 6) is -0.247. The van der Waals surface area contributed by atoms with Gasteiger partial charge in [0, 0.05) is 0 Å². The van der Waals surface area contributed by atoms with Gasteiger partial charge in [0.15, 0.2) is 0 Å². The van der Waals surface area contributed by atoms with Crippen molar-refractivity contribution in [3.8, 4) is 0 Å². The molecule has 0 saturated carbocycles. The molecule has 0 saturated heterocycles. The maximum Gasteiger partial charge on any atom is 0.297 e. The van der Waals surface area contributed by atoms with E-state index < -0.39 is 0 Å². The number of nitrogens with zero attached hydrogens (tertiary/aromatic N) is 2. The molecular weight excluding hydrogens is 224 g/mol. The lowest BCUT2D eigenvalue weighted by atomic mass is 10.0. The van der Waals surface area contributed by atoms with Gasteiger partial charge in [-0.2, -0.15) is 0 Å². The maximum absolute atomic E-state index is 11.3. The highest BCUT2D eigenvalue weighted by molar-refractivity contribution is 6.01. The number of hydrogen-bond acceptors (Lipinski definition) is 2. The highest BCUT2D eigenvalue weighted by atomic mass is 16.2. The van der Waals surface area contributed by atoms with Crippen LogP contribution in [0.4, 0.5) is 5.69 Å². The molecule has 0 aliphatic carbocycles. The number of carbonyl (C=O) groups excluding carboxylic acids is 1. The van der Waals surface area contributed by atoms with Crippen molar-refractivity contribution in [2.24, 2.45) is 10.2 Å². The normalized spacial score (nSPS) is 12.8. The molecule has 0 aromatic heterocycles. The molecule has 0 atom stereocenters. The molecule has 1 aliphatic rings. The van der Waals surface area contributed by atoms with Crippen LogP contribution in [0.1, 0.15) is 21.5 Å². The molecule has 3 heteroatoms. The largest absolute Gasteiger partial charge is 0.297 e. The van der Waals surface area contributed by atoms with Crippen molar-refractivity contribution in [1.29, 1.82) is 0 Å². The Morgan fingerprint density at radius 1 is 1.00 bits per heavy atom. The Labute approximate surface area is 105 Å². The van der Waals surface area contributed by atoms with E-state index in [-0.39, 0.29) is 5.91 Å². The first-order valence-corrected chi connectivity index (χ1v) is 5.80. The van der Waals surface area contributed by atoms with Gasteiger partial charge in [0.2, 0.25) is 0 Å². The lowest BCUT2D eigenvalue weighted by Gasteiger charge is -2.02. The SMILES string of the molecule is O=C1N=Nc2cc(C[CH]c3ccccc3)ccc21. The van der Waals surface area contributed by atoms with E-state index in [0.717, 1.165) is 12.0 Å². The van der Waals surface area contributed by atoms with E-state index in [0.29, 0.717) is 11.3 Å². The third-order valence-electron chi connectivity index (χ3n) is 2.91. The fraction of sp³-hybridized carbons (Fsp3) is 0.0667. The third-order valence-corrected chi connectivity index (χ3v) is 2.91. The van der Waals surface area contributed by atoms with E-state index in [9.17, 15) is 4.79 Å². The van der Waals surface area contributed by atoms with E-state index in [2.05, 4.69) is 28.8 Å². The quantitative estimate of drug-likeness (QED) is 0.799. The molecular formula is C15H11N2O. The minimum Gasteiger partial charge on any atom is -0.265 e. The molecule has 1 heterocycles. The van der Waals surface area contributed by atoms with Crippen LogP contribution in [0.25, 0.3) is 0 Å². The minimum atomic E-state index is -0.247. The average Bonchev–Trinajstić information content (AvgIpc) is 2.79. The van der Waals surface area contributed by atoms with E-state index in [1.165, 1.54) is 5.56 Å². The van der Waals surface area contributed by atoms with Gasteiger partial charge in [-0.05, 0) is 36.1 Å². The summed E-state index contributed by atoms with van der Waals surface area (Å²) in [6.07, 6.45) is 2.97. The number of rotatable bonds is 3. The monoisotopic (exact) mass is 235 g/mol. The summed E-state index contributed by atoms with van der Waals surface area (Å²) in [6, 6.07) is 15.8. The second kappa shape index (κ2) is 4.53. The van der Waals surface area contributed by atoms with Crippen LogP contribution in [-0.4, -0.2) is 5.91 Å². The minimum absolute atomic E-state index is 0.247. The van der Waals surface area contributed by atoms with Crippen LogP contribution in [0.2, 0.25) is 0 Å². The van der Waals surface area contributed by atoms with Gasteiger partial charge in [-0.3, -0.25) is 4.79 Å². The standard InChI is InChI=1S/C15H11N2O/c18-15-13-9-8-12(10-14(13)16-17-15)7-6-11-4-2-1-3-5-11/h1-6,8-10H,7H2. The molecule has 1 amide bonds. The lowest BCUT2D eigenvalue weighted by molar-refractivity contribution is 0.100. The van der Waals surface area contributed by atoms with Crippen LogP contribution in [0.15, 0.2) is 58.8 Å². The Morgan fingerprint density at radius 2 is 1.83 bits per heavy atom. The Morgan fingerprint density at radius 3 is 2.67 bits per heavy atom. The van der Waals surface area contributed by atoms with Crippen LogP contribution in [0, 0.1) is 6.42 Å². The van der Waals surface area contributed by atoms with Crippen LogP contribution in [-0.2, 0) is 6.42 Å². The predicted molar refractivity (Wildman–Crippen MR) is 68.8 cm³/mol. The van der Waals surface area contributed by atoms with Gasteiger partial charge in [0.05, 0.1) is 11.3 Å². The highest BCUT2D eigenvalue weighted by Crippen LogP contribution is 2.28. The van der Waals surface area contributed by atoms with Gasteiger partial charge in [-0.25, -0.2) is 0 Å². The number of azo groups is 1.